The first-order valence-corrected chi connectivity index (χ1v) is 1.67. The van der Waals surface area contributed by atoms with E-state index in [0.717, 1.165) is 0 Å². The van der Waals surface area contributed by atoms with Crippen molar-refractivity contribution in [2.24, 2.45) is 0 Å². The molecule has 0 bridgehead atoms. The van der Waals surface area contributed by atoms with E-state index in [4.69, 9.17) is 15.5 Å². The molecule has 0 rings (SSSR count). The third-order valence-corrected chi connectivity index (χ3v) is 0.333. The fourth-order valence-electron chi connectivity index (χ4n) is 0.128. The van der Waals surface area contributed by atoms with E-state index in [1.807, 2.05) is 0 Å². The monoisotopic (exact) mass is 66.1 g/mol. The van der Waals surface area contributed by atoms with E-state index in [2.05, 4.69) is 0 Å². The molecule has 6 heavy (non-hydrogen) atoms. The molecule has 0 aromatic rings. The second-order valence-electron chi connectivity index (χ2n) is 0.770. The summed E-state index contributed by atoms with van der Waals surface area (Å²) in [4.78, 5) is 0. The van der Waals surface area contributed by atoms with E-state index < -0.39 is 0 Å². The first kappa shape index (κ1) is 6.39. The molecular formula is B6. The van der Waals surface area contributed by atoms with Crippen LogP contribution in [0.1, 0.15) is 0 Å². The molecule has 0 nitrogen and oxygen atoms in total. The van der Waals surface area contributed by atoms with Gasteiger partial charge in [-0.15, -0.1) is 0 Å². The Morgan fingerprint density at radius 2 is 1.17 bits per heavy atom. The fraction of sp³-hybridized carbons (Fsp3) is 0. The van der Waals surface area contributed by atoms with Crippen molar-refractivity contribution >= 4 is 43.0 Å². The van der Waals surface area contributed by atoms with Crippen LogP contribution in [0.5, 0.6) is 0 Å². The van der Waals surface area contributed by atoms with Gasteiger partial charge in [-0.1, -0.05) is 0 Å². The zero-order valence-electron chi connectivity index (χ0n) is 3.46. The van der Waals surface area contributed by atoms with Crippen molar-refractivity contribution in [3.05, 3.63) is 0 Å². The molecule has 0 unspecified atom stereocenters. The third kappa shape index (κ3) is 4.39. The summed E-state index contributed by atoms with van der Waals surface area (Å²) in [6, 6.07) is 0. The standard InChI is InChI=1S/B6/c1-3-5-6-4-2. The molecule has 0 saturated carbocycles. The van der Waals surface area contributed by atoms with Crippen LogP contribution >= 0.6 is 0 Å². The number of rotatable bonds is 2. The molecule has 0 atom stereocenters. The second kappa shape index (κ2) is 5.39. The Hall–Kier alpha value is 0.390. The minimum absolute atomic E-state index is 1.42. The third-order valence-electron chi connectivity index (χ3n) is 0.333. The Morgan fingerprint density at radius 3 is 1.33 bits per heavy atom. The van der Waals surface area contributed by atoms with Crippen molar-refractivity contribution in [3.8, 4) is 0 Å². The molecule has 0 aliphatic rings. The predicted octanol–water partition coefficient (Wildman–Crippen LogP) is -2.28. The van der Waals surface area contributed by atoms with Gasteiger partial charge in [-0.05, 0) is 0 Å². The molecule has 0 N–H and O–H groups in total. The summed E-state index contributed by atoms with van der Waals surface area (Å²) >= 11 is 0. The van der Waals surface area contributed by atoms with E-state index in [0.29, 0.717) is 0 Å². The van der Waals surface area contributed by atoms with Crippen molar-refractivity contribution in [2.45, 2.75) is 0 Å². The quantitative estimate of drug-likeness (QED) is 0.318. The van der Waals surface area contributed by atoms with Crippen LogP contribution in [0, 0.1) is 0 Å². The zero-order chi connectivity index (χ0) is 4.83. The number of hydrogen-bond acceptors (Lipinski definition) is 0. The minimum atomic E-state index is 1.42. The Labute approximate surface area is 43.8 Å². The van der Waals surface area contributed by atoms with Gasteiger partial charge in [-0.3, -0.25) is 0 Å². The van der Waals surface area contributed by atoms with Gasteiger partial charge in [-0.2, -0.15) is 0 Å². The van der Waals surface area contributed by atoms with Crippen LogP contribution in [0.2, 0.25) is 0 Å². The van der Waals surface area contributed by atoms with Crippen molar-refractivity contribution < 1.29 is 0 Å². The molecule has 0 heterocycles. The van der Waals surface area contributed by atoms with Crippen LogP contribution < -0.4 is 0 Å². The molecule has 0 aliphatic heterocycles. The molecule has 0 aliphatic carbocycles. The van der Waals surface area contributed by atoms with Crippen molar-refractivity contribution in [1.82, 2.24) is 0 Å². The molecule has 0 aromatic heterocycles. The predicted molar refractivity (Wildman–Crippen MR) is 34.5 cm³/mol. The van der Waals surface area contributed by atoms with Gasteiger partial charge < -0.3 is 0 Å². The molecule has 0 saturated heterocycles. The zero-order valence-corrected chi connectivity index (χ0v) is 3.46. The van der Waals surface area contributed by atoms with Crippen molar-refractivity contribution in [2.75, 3.05) is 0 Å². The Kier molecular flexibility index (Phi) is 5.74. The van der Waals surface area contributed by atoms with Gasteiger partial charge in [0.2, 0.25) is 0 Å². The van der Waals surface area contributed by atoms with Gasteiger partial charge in [0.1, 0.15) is 0 Å². The van der Waals surface area contributed by atoms with E-state index >= 15 is 0 Å². The molecule has 0 amide bonds. The van der Waals surface area contributed by atoms with Crippen LogP contribution in [0.15, 0.2) is 0 Å². The summed E-state index contributed by atoms with van der Waals surface area (Å²) in [6.07, 6.45) is 0. The molecule has 0 aromatic carbocycles. The fourth-order valence-corrected chi connectivity index (χ4v) is 0.128. The van der Waals surface area contributed by atoms with Crippen LogP contribution in [0.3, 0.4) is 0 Å². The summed E-state index contributed by atoms with van der Waals surface area (Å²) in [5, 5.41) is 0. The summed E-state index contributed by atoms with van der Waals surface area (Å²) in [5.41, 5.74) is 0. The van der Waals surface area contributed by atoms with Crippen LogP contribution in [-0.2, 0) is 0 Å². The summed E-state index contributed by atoms with van der Waals surface area (Å²) in [5.74, 6) is 0. The van der Waals surface area contributed by atoms with Gasteiger partial charge in [-0.25, -0.2) is 0 Å². The van der Waals surface area contributed by atoms with Crippen LogP contribution in [0.4, 0.5) is 0 Å². The Balaban J connectivity index is 2.73. The van der Waals surface area contributed by atoms with Crippen molar-refractivity contribution in [1.29, 1.82) is 0 Å². The Bertz CT molecular complexity index is 29.3. The van der Waals surface area contributed by atoms with Crippen molar-refractivity contribution in [3.63, 3.8) is 0 Å². The van der Waals surface area contributed by atoms with Gasteiger partial charge in [0.15, 0.2) is 0 Å². The summed E-state index contributed by atoms with van der Waals surface area (Å²) < 4.78 is 0. The first-order valence-electron chi connectivity index (χ1n) is 1.67. The molecule has 6 radical (unpaired) electrons. The van der Waals surface area contributed by atoms with E-state index in [1.54, 1.807) is 13.4 Å². The molecular weight excluding hydrogens is 64.9 g/mol. The molecule has 0 fully saturated rings. The van der Waals surface area contributed by atoms with Gasteiger partial charge >= 0.3 is 43.0 Å². The van der Waals surface area contributed by atoms with E-state index in [9.17, 15) is 0 Å². The molecule has 0 spiro atoms. The van der Waals surface area contributed by atoms with Gasteiger partial charge in [0, 0.05) is 0 Å². The summed E-state index contributed by atoms with van der Waals surface area (Å²) in [6.45, 7) is 3.31. The van der Waals surface area contributed by atoms with Crippen LogP contribution in [-0.4, -0.2) is 43.0 Å². The molecule has 18 valence electrons. The average Bonchev–Trinajstić information content (AvgIpc) is 1.61. The summed E-state index contributed by atoms with van der Waals surface area (Å²) in [7, 11) is 12.7. The van der Waals surface area contributed by atoms with E-state index in [1.165, 1.54) is 14.1 Å². The Morgan fingerprint density at radius 1 is 0.833 bits per heavy atom. The molecule has 6 heteroatoms. The van der Waals surface area contributed by atoms with Gasteiger partial charge in [0.05, 0.1) is 0 Å². The van der Waals surface area contributed by atoms with Gasteiger partial charge in [0.25, 0.3) is 0 Å². The second-order valence-corrected chi connectivity index (χ2v) is 0.770. The maximum atomic E-state index is 4.93. The SMILES string of the molecule is [B][B]B=B[B][B]. The maximum absolute atomic E-state index is 4.93. The van der Waals surface area contributed by atoms with Crippen LogP contribution in [0.25, 0.3) is 0 Å². The first-order chi connectivity index (χ1) is 2.91. The average molecular weight is 64.9 g/mol. The van der Waals surface area contributed by atoms with E-state index in [-0.39, 0.29) is 0 Å². The topological polar surface area (TPSA) is 0 Å². The number of hydrogen-bond donors (Lipinski definition) is 0. The normalized spacial score (nSPS) is 6.00.